The number of carbonyl (C=O) groups is 1. The number of nitrogens with one attached hydrogen (secondary N) is 2. The normalized spacial score (nSPS) is 13.6. The molecule has 1 amide bonds. The van der Waals surface area contributed by atoms with Crippen LogP contribution in [-0.2, 0) is 16.8 Å². The number of carbonyl (C=O) groups excluding carboxylic acids is 1. The summed E-state index contributed by atoms with van der Waals surface area (Å²) in [6, 6.07) is 15.7. The Morgan fingerprint density at radius 1 is 1.20 bits per heavy atom. The summed E-state index contributed by atoms with van der Waals surface area (Å²) in [5.74, 6) is -0.0572. The highest BCUT2D eigenvalue weighted by Crippen LogP contribution is 2.21. The maximum atomic E-state index is 12.2. The van der Waals surface area contributed by atoms with Crippen LogP contribution >= 0.6 is 0 Å². The number of rotatable bonds is 6. The molecular formula is C21H24N2O2. The largest absolute Gasteiger partial charge is 0.384 e. The highest BCUT2D eigenvalue weighted by molar-refractivity contribution is 5.84. The molecule has 0 aliphatic heterocycles. The molecule has 0 radical (unpaired) electrons. The molecule has 3 N–H and O–H groups in total. The minimum atomic E-state index is -1.07. The molecule has 0 spiro atoms. The Morgan fingerprint density at radius 3 is 2.72 bits per heavy atom. The van der Waals surface area contributed by atoms with Crippen LogP contribution in [0.15, 0.2) is 54.7 Å². The van der Waals surface area contributed by atoms with Crippen LogP contribution in [0.5, 0.6) is 0 Å². The van der Waals surface area contributed by atoms with Crippen LogP contribution in [-0.4, -0.2) is 22.5 Å². The van der Waals surface area contributed by atoms with Gasteiger partial charge in [0, 0.05) is 23.5 Å². The fraction of sp³-hybridized carbons (Fsp3) is 0.286. The van der Waals surface area contributed by atoms with Crippen LogP contribution in [0.3, 0.4) is 0 Å². The monoisotopic (exact) mass is 336 g/mol. The van der Waals surface area contributed by atoms with E-state index in [0.29, 0.717) is 12.8 Å². The molecule has 2 aromatic carbocycles. The minimum absolute atomic E-state index is 0.0572. The standard InChI is InChI=1S/C21H24N2O2/c1-15-8-10-19-18(12-15)16(13-22-19)9-11-20(24)23-14-21(2,25)17-6-4-3-5-7-17/h3-8,10,12-13,22,25H,9,11,14H2,1-2H3,(H,23,24). The SMILES string of the molecule is Cc1ccc2[nH]cc(CCC(=O)NCC(C)(O)c3ccccc3)c2c1. The predicted octanol–water partition coefficient (Wildman–Crippen LogP) is 3.43. The number of H-pyrrole nitrogens is 1. The van der Waals surface area contributed by atoms with Crippen molar-refractivity contribution in [1.82, 2.24) is 10.3 Å². The van der Waals surface area contributed by atoms with Crippen LogP contribution in [0, 0.1) is 6.92 Å². The van der Waals surface area contributed by atoms with Gasteiger partial charge in [-0.3, -0.25) is 4.79 Å². The van der Waals surface area contributed by atoms with Gasteiger partial charge in [0.15, 0.2) is 0 Å². The Hall–Kier alpha value is -2.59. The Bertz CT molecular complexity index is 866. The summed E-state index contributed by atoms with van der Waals surface area (Å²) in [6.45, 7) is 3.97. The molecular weight excluding hydrogens is 312 g/mol. The Labute approximate surface area is 147 Å². The molecule has 4 heteroatoms. The lowest BCUT2D eigenvalue weighted by molar-refractivity contribution is -0.122. The molecule has 4 nitrogen and oxygen atoms in total. The minimum Gasteiger partial charge on any atom is -0.384 e. The Balaban J connectivity index is 1.57. The molecule has 3 aromatic rings. The van der Waals surface area contributed by atoms with Gasteiger partial charge in [0.25, 0.3) is 0 Å². The zero-order chi connectivity index (χ0) is 17.9. The summed E-state index contributed by atoms with van der Waals surface area (Å²) in [7, 11) is 0. The molecule has 0 saturated heterocycles. The fourth-order valence-corrected chi connectivity index (χ4v) is 3.01. The Morgan fingerprint density at radius 2 is 1.96 bits per heavy atom. The topological polar surface area (TPSA) is 65.1 Å². The van der Waals surface area contributed by atoms with Gasteiger partial charge in [-0.25, -0.2) is 0 Å². The molecule has 1 unspecified atom stereocenters. The van der Waals surface area contributed by atoms with E-state index in [1.165, 1.54) is 10.9 Å². The number of aryl methyl sites for hydroxylation is 2. The van der Waals surface area contributed by atoms with Crippen molar-refractivity contribution in [3.8, 4) is 0 Å². The summed E-state index contributed by atoms with van der Waals surface area (Å²) >= 11 is 0. The highest BCUT2D eigenvalue weighted by atomic mass is 16.3. The average Bonchev–Trinajstić information content (AvgIpc) is 3.01. The van der Waals surface area contributed by atoms with E-state index >= 15 is 0 Å². The predicted molar refractivity (Wildman–Crippen MR) is 100 cm³/mol. The number of benzene rings is 2. The molecule has 0 aliphatic rings. The van der Waals surface area contributed by atoms with Crippen molar-refractivity contribution in [3.63, 3.8) is 0 Å². The quantitative estimate of drug-likeness (QED) is 0.646. The fourth-order valence-electron chi connectivity index (χ4n) is 3.01. The molecule has 1 aromatic heterocycles. The second kappa shape index (κ2) is 7.11. The van der Waals surface area contributed by atoms with Gasteiger partial charge in [-0.1, -0.05) is 42.0 Å². The highest BCUT2D eigenvalue weighted by Gasteiger charge is 2.23. The van der Waals surface area contributed by atoms with Crippen molar-refractivity contribution in [3.05, 3.63) is 71.4 Å². The van der Waals surface area contributed by atoms with E-state index in [4.69, 9.17) is 0 Å². The van der Waals surface area contributed by atoms with Gasteiger partial charge in [-0.15, -0.1) is 0 Å². The number of amides is 1. The molecule has 3 rings (SSSR count). The lowest BCUT2D eigenvalue weighted by Gasteiger charge is -2.24. The first-order chi connectivity index (χ1) is 12.0. The first-order valence-corrected chi connectivity index (χ1v) is 8.57. The second-order valence-electron chi connectivity index (χ2n) is 6.78. The van der Waals surface area contributed by atoms with Crippen molar-refractivity contribution in [2.45, 2.75) is 32.3 Å². The van der Waals surface area contributed by atoms with E-state index in [1.807, 2.05) is 36.5 Å². The third-order valence-corrected chi connectivity index (χ3v) is 4.57. The van der Waals surface area contributed by atoms with E-state index in [-0.39, 0.29) is 12.5 Å². The van der Waals surface area contributed by atoms with Crippen molar-refractivity contribution in [2.75, 3.05) is 6.54 Å². The van der Waals surface area contributed by atoms with Gasteiger partial charge in [0.2, 0.25) is 5.91 Å². The zero-order valence-corrected chi connectivity index (χ0v) is 14.7. The van der Waals surface area contributed by atoms with E-state index in [1.54, 1.807) is 6.92 Å². The zero-order valence-electron chi connectivity index (χ0n) is 14.7. The van der Waals surface area contributed by atoms with Crippen molar-refractivity contribution >= 4 is 16.8 Å². The maximum absolute atomic E-state index is 12.2. The third-order valence-electron chi connectivity index (χ3n) is 4.57. The first-order valence-electron chi connectivity index (χ1n) is 8.57. The van der Waals surface area contributed by atoms with Crippen LogP contribution < -0.4 is 5.32 Å². The summed E-state index contributed by atoms with van der Waals surface area (Å²) < 4.78 is 0. The van der Waals surface area contributed by atoms with E-state index < -0.39 is 5.60 Å². The van der Waals surface area contributed by atoms with Gasteiger partial charge >= 0.3 is 0 Å². The first kappa shape index (κ1) is 17.2. The number of fused-ring (bicyclic) bond motifs is 1. The van der Waals surface area contributed by atoms with Gasteiger partial charge < -0.3 is 15.4 Å². The number of aliphatic hydroxyl groups is 1. The van der Waals surface area contributed by atoms with Crippen molar-refractivity contribution in [1.29, 1.82) is 0 Å². The Kier molecular flexibility index (Phi) is 4.91. The summed E-state index contributed by atoms with van der Waals surface area (Å²) in [4.78, 5) is 15.4. The van der Waals surface area contributed by atoms with Gasteiger partial charge in [-0.2, -0.15) is 0 Å². The van der Waals surface area contributed by atoms with Crippen LogP contribution in [0.2, 0.25) is 0 Å². The lowest BCUT2D eigenvalue weighted by Crippen LogP contribution is -2.38. The summed E-state index contributed by atoms with van der Waals surface area (Å²) in [6.07, 6.45) is 3.03. The van der Waals surface area contributed by atoms with Gasteiger partial charge in [-0.05, 0) is 43.5 Å². The molecule has 0 aliphatic carbocycles. The number of aromatic nitrogens is 1. The van der Waals surface area contributed by atoms with Crippen molar-refractivity contribution < 1.29 is 9.90 Å². The van der Waals surface area contributed by atoms with E-state index in [2.05, 4.69) is 35.4 Å². The van der Waals surface area contributed by atoms with Gasteiger partial charge in [0.1, 0.15) is 5.60 Å². The molecule has 1 heterocycles. The third kappa shape index (κ3) is 4.09. The van der Waals surface area contributed by atoms with Crippen molar-refractivity contribution in [2.24, 2.45) is 0 Å². The molecule has 1 atom stereocenters. The summed E-state index contributed by atoms with van der Waals surface area (Å²) in [5, 5.41) is 14.6. The number of aromatic amines is 1. The lowest BCUT2D eigenvalue weighted by atomic mass is 9.96. The van der Waals surface area contributed by atoms with Gasteiger partial charge in [0.05, 0.1) is 6.54 Å². The molecule has 130 valence electrons. The molecule has 25 heavy (non-hydrogen) atoms. The molecule has 0 bridgehead atoms. The van der Waals surface area contributed by atoms with E-state index in [0.717, 1.165) is 16.6 Å². The average molecular weight is 336 g/mol. The maximum Gasteiger partial charge on any atom is 0.220 e. The van der Waals surface area contributed by atoms with Crippen LogP contribution in [0.25, 0.3) is 10.9 Å². The summed E-state index contributed by atoms with van der Waals surface area (Å²) in [5.41, 5.74) is 3.16. The van der Waals surface area contributed by atoms with Crippen LogP contribution in [0.1, 0.15) is 30.0 Å². The number of hydrogen-bond acceptors (Lipinski definition) is 2. The molecule has 0 saturated carbocycles. The second-order valence-corrected chi connectivity index (χ2v) is 6.78. The smallest absolute Gasteiger partial charge is 0.220 e. The molecule has 0 fully saturated rings. The number of hydrogen-bond donors (Lipinski definition) is 3. The van der Waals surface area contributed by atoms with E-state index in [9.17, 15) is 9.90 Å². The van der Waals surface area contributed by atoms with Crippen LogP contribution in [0.4, 0.5) is 0 Å².